The highest BCUT2D eigenvalue weighted by Gasteiger charge is 2.12. The van der Waals surface area contributed by atoms with Gasteiger partial charge in [0.15, 0.2) is 0 Å². The topological polar surface area (TPSA) is 38.7 Å². The maximum atomic E-state index is 11.6. The molecule has 0 saturated carbocycles. The Bertz CT molecular complexity index is 422. The van der Waals surface area contributed by atoms with Gasteiger partial charge in [-0.25, -0.2) is 4.79 Å². The number of nitrogens with zero attached hydrogens (tertiary/aromatic N) is 1. The Balaban J connectivity index is 0.00000154. The van der Waals surface area contributed by atoms with Gasteiger partial charge in [0.05, 0.1) is 6.61 Å². The molecule has 0 saturated heterocycles. The minimum atomic E-state index is -0.407. The van der Waals surface area contributed by atoms with E-state index in [2.05, 4.69) is 11.7 Å². The number of esters is 1. The Kier molecular flexibility index (Phi) is 9.06. The smallest absolute Gasteiger partial charge is 0.356 e. The summed E-state index contributed by atoms with van der Waals surface area (Å²) in [7, 11) is 0. The predicted molar refractivity (Wildman–Crippen MR) is 80.4 cm³/mol. The second-order valence-corrected chi connectivity index (χ2v) is 3.67. The van der Waals surface area contributed by atoms with Crippen molar-refractivity contribution in [1.82, 2.24) is 0 Å². The van der Waals surface area contributed by atoms with Gasteiger partial charge >= 0.3 is 5.97 Å². The molecule has 1 aromatic rings. The molecule has 0 radical (unpaired) electrons. The first-order valence-electron chi connectivity index (χ1n) is 6.56. The van der Waals surface area contributed by atoms with Crippen molar-refractivity contribution in [3.63, 3.8) is 0 Å². The van der Waals surface area contributed by atoms with Crippen LogP contribution in [-0.4, -0.2) is 19.3 Å². The van der Waals surface area contributed by atoms with Crippen molar-refractivity contribution in [3.05, 3.63) is 47.2 Å². The lowest BCUT2D eigenvalue weighted by Gasteiger charge is -2.07. The van der Waals surface area contributed by atoms with Gasteiger partial charge in [0.2, 0.25) is 0 Å². The van der Waals surface area contributed by atoms with Gasteiger partial charge in [0.1, 0.15) is 5.70 Å². The fourth-order valence-corrected chi connectivity index (χ4v) is 1.56. The summed E-state index contributed by atoms with van der Waals surface area (Å²) in [5.74, 6) is -0.407. The third-order valence-electron chi connectivity index (χ3n) is 2.34. The number of carbonyl (C=O) groups excluding carboxylic acids is 1. The predicted octanol–water partition coefficient (Wildman–Crippen LogP) is 3.79. The van der Waals surface area contributed by atoms with Gasteiger partial charge in [-0.15, -0.1) is 0 Å². The number of allylic oxidation sites excluding steroid dienone is 1. The number of rotatable bonds is 5. The normalized spacial score (nSPS) is 10.7. The number of hydrogen-bond acceptors (Lipinski definition) is 3. The Morgan fingerprint density at radius 1 is 1.26 bits per heavy atom. The van der Waals surface area contributed by atoms with Crippen LogP contribution >= 0.6 is 0 Å². The van der Waals surface area contributed by atoms with Crippen LogP contribution in [0.25, 0.3) is 0 Å². The van der Waals surface area contributed by atoms with Crippen LogP contribution < -0.4 is 0 Å². The summed E-state index contributed by atoms with van der Waals surface area (Å²) in [6.45, 7) is 11.4. The zero-order valence-corrected chi connectivity index (χ0v) is 12.3. The molecule has 0 aliphatic rings. The van der Waals surface area contributed by atoms with Gasteiger partial charge < -0.3 is 4.74 Å². The first kappa shape index (κ1) is 17.1. The fourth-order valence-electron chi connectivity index (χ4n) is 1.56. The molecule has 0 fully saturated rings. The van der Waals surface area contributed by atoms with Crippen molar-refractivity contribution in [1.29, 1.82) is 0 Å². The van der Waals surface area contributed by atoms with E-state index in [4.69, 9.17) is 4.74 Å². The SMILES string of the molecule is C=N/C(C(=O)OCC)=C(/C)Cc1ccccc1.CC. The quantitative estimate of drug-likeness (QED) is 0.459. The molecule has 104 valence electrons. The molecular weight excluding hydrogens is 238 g/mol. The van der Waals surface area contributed by atoms with Gasteiger partial charge in [-0.1, -0.05) is 44.2 Å². The lowest BCUT2D eigenvalue weighted by atomic mass is 10.0. The fraction of sp³-hybridized carbons (Fsp3) is 0.375. The van der Waals surface area contributed by atoms with E-state index in [0.717, 1.165) is 11.1 Å². The number of aliphatic imine (C=N–C) groups is 1. The summed E-state index contributed by atoms with van der Waals surface area (Å²) >= 11 is 0. The second kappa shape index (κ2) is 10.1. The molecule has 0 spiro atoms. The molecule has 0 bridgehead atoms. The van der Waals surface area contributed by atoms with E-state index in [1.807, 2.05) is 51.1 Å². The number of hydrogen-bond donors (Lipinski definition) is 0. The van der Waals surface area contributed by atoms with E-state index in [-0.39, 0.29) is 0 Å². The minimum Gasteiger partial charge on any atom is -0.461 e. The summed E-state index contributed by atoms with van der Waals surface area (Å²) in [5.41, 5.74) is 2.32. The summed E-state index contributed by atoms with van der Waals surface area (Å²) in [6.07, 6.45) is 0.675. The molecule has 1 aromatic carbocycles. The maximum absolute atomic E-state index is 11.6. The van der Waals surface area contributed by atoms with Crippen LogP contribution in [0.1, 0.15) is 33.3 Å². The molecule has 19 heavy (non-hydrogen) atoms. The first-order chi connectivity index (χ1) is 9.19. The van der Waals surface area contributed by atoms with Crippen molar-refractivity contribution in [2.24, 2.45) is 4.99 Å². The Labute approximate surface area is 116 Å². The maximum Gasteiger partial charge on any atom is 0.356 e. The molecule has 0 N–H and O–H groups in total. The molecule has 0 aliphatic heterocycles. The third kappa shape index (κ3) is 6.00. The highest BCUT2D eigenvalue weighted by atomic mass is 16.5. The number of carbonyl (C=O) groups is 1. The number of ether oxygens (including phenoxy) is 1. The monoisotopic (exact) mass is 261 g/mol. The Morgan fingerprint density at radius 2 is 1.84 bits per heavy atom. The molecule has 0 amide bonds. The summed E-state index contributed by atoms with van der Waals surface area (Å²) in [5, 5.41) is 0. The van der Waals surface area contributed by atoms with Crippen LogP contribution in [0.15, 0.2) is 46.6 Å². The standard InChI is InChI=1S/C14H17NO2.C2H6/c1-4-17-14(16)13(15-3)11(2)10-12-8-6-5-7-9-12;1-2/h5-9H,3-4,10H2,1-2H3;1-2H3/b13-11-;. The van der Waals surface area contributed by atoms with E-state index in [0.29, 0.717) is 18.7 Å². The zero-order valence-electron chi connectivity index (χ0n) is 12.3. The van der Waals surface area contributed by atoms with Crippen LogP contribution in [-0.2, 0) is 16.0 Å². The van der Waals surface area contributed by atoms with Crippen molar-refractivity contribution in [3.8, 4) is 0 Å². The highest BCUT2D eigenvalue weighted by molar-refractivity contribution is 5.89. The number of benzene rings is 1. The summed E-state index contributed by atoms with van der Waals surface area (Å²) in [4.78, 5) is 15.3. The van der Waals surface area contributed by atoms with Crippen molar-refractivity contribution < 1.29 is 9.53 Å². The van der Waals surface area contributed by atoms with Crippen LogP contribution in [0.3, 0.4) is 0 Å². The van der Waals surface area contributed by atoms with E-state index in [9.17, 15) is 4.79 Å². The molecule has 0 heterocycles. The highest BCUT2D eigenvalue weighted by Crippen LogP contribution is 2.13. The Hall–Kier alpha value is -1.90. The van der Waals surface area contributed by atoms with Gasteiger partial charge in [-0.05, 0) is 38.1 Å². The van der Waals surface area contributed by atoms with E-state index >= 15 is 0 Å². The van der Waals surface area contributed by atoms with Gasteiger partial charge in [0.25, 0.3) is 0 Å². The molecule has 3 nitrogen and oxygen atoms in total. The molecule has 1 rings (SSSR count). The van der Waals surface area contributed by atoms with E-state index in [1.54, 1.807) is 6.92 Å². The van der Waals surface area contributed by atoms with Crippen molar-refractivity contribution >= 4 is 12.7 Å². The van der Waals surface area contributed by atoms with Crippen LogP contribution in [0.2, 0.25) is 0 Å². The van der Waals surface area contributed by atoms with Gasteiger partial charge in [-0.2, -0.15) is 0 Å². The molecule has 0 aromatic heterocycles. The minimum absolute atomic E-state index is 0.315. The second-order valence-electron chi connectivity index (χ2n) is 3.67. The van der Waals surface area contributed by atoms with Gasteiger partial charge in [-0.3, -0.25) is 4.99 Å². The first-order valence-corrected chi connectivity index (χ1v) is 6.56. The summed E-state index contributed by atoms with van der Waals surface area (Å²) in [6, 6.07) is 9.91. The van der Waals surface area contributed by atoms with Crippen molar-refractivity contribution in [2.75, 3.05) is 6.61 Å². The lowest BCUT2D eigenvalue weighted by molar-refractivity contribution is -0.138. The summed E-state index contributed by atoms with van der Waals surface area (Å²) < 4.78 is 4.92. The zero-order chi connectivity index (χ0) is 14.7. The van der Waals surface area contributed by atoms with Crippen LogP contribution in [0, 0.1) is 0 Å². The van der Waals surface area contributed by atoms with E-state index < -0.39 is 5.97 Å². The average Bonchev–Trinajstić information content (AvgIpc) is 2.43. The molecule has 0 atom stereocenters. The van der Waals surface area contributed by atoms with Crippen LogP contribution in [0.5, 0.6) is 0 Å². The molecule has 3 heteroatoms. The molecule has 0 aliphatic carbocycles. The third-order valence-corrected chi connectivity index (χ3v) is 2.34. The van der Waals surface area contributed by atoms with E-state index in [1.165, 1.54) is 0 Å². The van der Waals surface area contributed by atoms with Crippen LogP contribution in [0.4, 0.5) is 0 Å². The van der Waals surface area contributed by atoms with Crippen molar-refractivity contribution in [2.45, 2.75) is 34.1 Å². The molecule has 0 unspecified atom stereocenters. The Morgan fingerprint density at radius 3 is 2.32 bits per heavy atom. The average molecular weight is 261 g/mol. The lowest BCUT2D eigenvalue weighted by Crippen LogP contribution is -2.08. The largest absolute Gasteiger partial charge is 0.461 e. The van der Waals surface area contributed by atoms with Gasteiger partial charge in [0, 0.05) is 0 Å². The molecular formula is C16H23NO2.